The van der Waals surface area contributed by atoms with E-state index in [1.165, 1.54) is 35.6 Å². The number of nitro groups is 1. The van der Waals surface area contributed by atoms with E-state index in [-0.39, 0.29) is 28.0 Å². The number of hydrogen-bond acceptors (Lipinski definition) is 10. The molecule has 2 N–H and O–H groups in total. The Hall–Kier alpha value is -2.90. The first-order valence-corrected chi connectivity index (χ1v) is 10.3. The van der Waals surface area contributed by atoms with E-state index in [2.05, 4.69) is 25.8 Å². The molecule has 144 valence electrons. The van der Waals surface area contributed by atoms with E-state index in [0.29, 0.717) is 9.47 Å². The number of nitro benzene ring substituents is 1. The van der Waals surface area contributed by atoms with E-state index >= 15 is 0 Å². The molecule has 28 heavy (non-hydrogen) atoms. The van der Waals surface area contributed by atoms with E-state index in [1.54, 1.807) is 0 Å². The number of amides is 2. The van der Waals surface area contributed by atoms with Gasteiger partial charge in [0.15, 0.2) is 9.47 Å². The number of hydrogen-bond donors (Lipinski definition) is 2. The van der Waals surface area contributed by atoms with Gasteiger partial charge in [-0.05, 0) is 13.0 Å². The molecule has 0 aliphatic heterocycles. The number of carbonyl (C=O) groups excluding carboxylic acids is 2. The standard InChI is InChI=1S/C15H12N6O4S3/c1-8-6-26-13(16-8)17-11(22)7-27-15-20-19-14(28-15)18-12(23)9-4-2-3-5-10(9)21(24)25/h2-6H,7H2,1H3,(H,16,17,22)(H,18,19,23). The predicted octanol–water partition coefficient (Wildman–Crippen LogP) is 3.19. The smallest absolute Gasteiger partial charge is 0.282 e. The molecule has 0 spiro atoms. The summed E-state index contributed by atoms with van der Waals surface area (Å²) in [5.41, 5.74) is 0.458. The molecule has 13 heteroatoms. The molecular formula is C15H12N6O4S3. The summed E-state index contributed by atoms with van der Waals surface area (Å²) in [6, 6.07) is 5.62. The number of para-hydroxylation sites is 1. The van der Waals surface area contributed by atoms with Crippen molar-refractivity contribution in [3.05, 3.63) is 51.0 Å². The van der Waals surface area contributed by atoms with Crippen LogP contribution in [0.3, 0.4) is 0 Å². The van der Waals surface area contributed by atoms with Gasteiger partial charge in [-0.15, -0.1) is 21.5 Å². The van der Waals surface area contributed by atoms with Crippen LogP contribution in [0.2, 0.25) is 0 Å². The van der Waals surface area contributed by atoms with Crippen LogP contribution in [0.1, 0.15) is 16.1 Å². The SMILES string of the molecule is Cc1csc(NC(=O)CSc2nnc(NC(=O)c3ccccc3[N+](=O)[O-])s2)n1. The Labute approximate surface area is 170 Å². The van der Waals surface area contributed by atoms with Crippen LogP contribution >= 0.6 is 34.4 Å². The molecule has 0 fully saturated rings. The highest BCUT2D eigenvalue weighted by Gasteiger charge is 2.20. The highest BCUT2D eigenvalue weighted by Crippen LogP contribution is 2.27. The second-order valence-corrected chi connectivity index (χ2v) is 8.29. The zero-order valence-corrected chi connectivity index (χ0v) is 16.7. The Balaban J connectivity index is 1.56. The molecule has 2 heterocycles. The maximum Gasteiger partial charge on any atom is 0.282 e. The Morgan fingerprint density at radius 2 is 2.00 bits per heavy atom. The van der Waals surface area contributed by atoms with Crippen LogP contribution in [-0.2, 0) is 4.79 Å². The van der Waals surface area contributed by atoms with Gasteiger partial charge >= 0.3 is 0 Å². The van der Waals surface area contributed by atoms with Crippen LogP contribution in [0.15, 0.2) is 34.0 Å². The van der Waals surface area contributed by atoms with E-state index in [0.717, 1.165) is 28.8 Å². The van der Waals surface area contributed by atoms with Crippen LogP contribution < -0.4 is 10.6 Å². The lowest BCUT2D eigenvalue weighted by atomic mass is 10.1. The van der Waals surface area contributed by atoms with Crippen LogP contribution in [0.25, 0.3) is 0 Å². The molecule has 0 unspecified atom stereocenters. The number of aryl methyl sites for hydroxylation is 1. The summed E-state index contributed by atoms with van der Waals surface area (Å²) >= 11 is 3.56. The van der Waals surface area contributed by atoms with Crippen LogP contribution in [-0.4, -0.2) is 37.7 Å². The fourth-order valence-electron chi connectivity index (χ4n) is 2.00. The Kier molecular flexibility index (Phi) is 6.28. The molecule has 1 aromatic carbocycles. The van der Waals surface area contributed by atoms with Crippen molar-refractivity contribution in [1.82, 2.24) is 15.2 Å². The number of benzene rings is 1. The molecule has 0 atom stereocenters. The number of anilines is 2. The van der Waals surface area contributed by atoms with Gasteiger partial charge in [0, 0.05) is 11.4 Å². The summed E-state index contributed by atoms with van der Waals surface area (Å²) in [4.78, 5) is 38.7. The fourth-order valence-corrected chi connectivity index (χ4v) is 4.25. The quantitative estimate of drug-likeness (QED) is 0.249. The molecule has 2 aromatic heterocycles. The predicted molar refractivity (Wildman–Crippen MR) is 107 cm³/mol. The first-order chi connectivity index (χ1) is 13.4. The maximum absolute atomic E-state index is 12.3. The molecule has 3 aromatic rings. The second-order valence-electron chi connectivity index (χ2n) is 5.23. The Morgan fingerprint density at radius 3 is 2.71 bits per heavy atom. The lowest BCUT2D eigenvalue weighted by Crippen LogP contribution is -2.13. The monoisotopic (exact) mass is 436 g/mol. The van der Waals surface area contributed by atoms with Gasteiger partial charge in [0.2, 0.25) is 11.0 Å². The molecule has 3 rings (SSSR count). The average Bonchev–Trinajstić information content (AvgIpc) is 3.28. The van der Waals surface area contributed by atoms with Crippen LogP contribution in [0.4, 0.5) is 16.0 Å². The number of rotatable bonds is 7. The topological polar surface area (TPSA) is 140 Å². The number of thiazole rings is 1. The normalized spacial score (nSPS) is 10.5. The summed E-state index contributed by atoms with van der Waals surface area (Å²) in [6.45, 7) is 1.84. The molecule has 0 saturated carbocycles. The van der Waals surface area contributed by atoms with Gasteiger partial charge in [-0.25, -0.2) is 4.98 Å². The van der Waals surface area contributed by atoms with Crippen molar-refractivity contribution >= 4 is 62.2 Å². The zero-order valence-electron chi connectivity index (χ0n) is 14.2. The van der Waals surface area contributed by atoms with Crippen molar-refractivity contribution < 1.29 is 14.5 Å². The molecule has 10 nitrogen and oxygen atoms in total. The second kappa shape index (κ2) is 8.86. The summed E-state index contributed by atoms with van der Waals surface area (Å²) in [6.07, 6.45) is 0. The lowest BCUT2D eigenvalue weighted by molar-refractivity contribution is -0.385. The fraction of sp³-hybridized carbons (Fsp3) is 0.133. The molecule has 0 bridgehead atoms. The summed E-state index contributed by atoms with van der Waals surface area (Å²) < 4.78 is 0.475. The first-order valence-electron chi connectivity index (χ1n) is 7.65. The van der Waals surface area contributed by atoms with Gasteiger partial charge < -0.3 is 5.32 Å². The van der Waals surface area contributed by atoms with E-state index < -0.39 is 10.8 Å². The average molecular weight is 437 g/mol. The number of nitrogens with one attached hydrogen (secondary N) is 2. The number of nitrogens with zero attached hydrogens (tertiary/aromatic N) is 4. The number of thioether (sulfide) groups is 1. The van der Waals surface area contributed by atoms with Crippen LogP contribution in [0, 0.1) is 17.0 Å². The Bertz CT molecular complexity index is 1030. The minimum atomic E-state index is -0.656. The van der Waals surface area contributed by atoms with Gasteiger partial charge in [0.1, 0.15) is 5.56 Å². The zero-order chi connectivity index (χ0) is 20.1. The third kappa shape index (κ3) is 5.09. The highest BCUT2D eigenvalue weighted by atomic mass is 32.2. The largest absolute Gasteiger partial charge is 0.301 e. The molecule has 0 radical (unpaired) electrons. The van der Waals surface area contributed by atoms with Crippen molar-refractivity contribution in [1.29, 1.82) is 0 Å². The minimum Gasteiger partial charge on any atom is -0.301 e. The van der Waals surface area contributed by atoms with Crippen molar-refractivity contribution in [3.63, 3.8) is 0 Å². The van der Waals surface area contributed by atoms with Gasteiger partial charge in [-0.1, -0.05) is 35.2 Å². The molecule has 2 amide bonds. The van der Waals surface area contributed by atoms with Crippen molar-refractivity contribution in [2.45, 2.75) is 11.3 Å². The van der Waals surface area contributed by atoms with Crippen molar-refractivity contribution in [2.24, 2.45) is 0 Å². The molecular weight excluding hydrogens is 424 g/mol. The molecule has 0 aliphatic carbocycles. The van der Waals surface area contributed by atoms with Crippen LogP contribution in [0.5, 0.6) is 0 Å². The van der Waals surface area contributed by atoms with E-state index in [9.17, 15) is 19.7 Å². The van der Waals surface area contributed by atoms with Gasteiger partial charge in [0.05, 0.1) is 16.4 Å². The first kappa shape index (κ1) is 19.9. The third-order valence-electron chi connectivity index (χ3n) is 3.16. The van der Waals surface area contributed by atoms with Crippen molar-refractivity contribution in [3.8, 4) is 0 Å². The summed E-state index contributed by atoms with van der Waals surface area (Å²) in [5.74, 6) is -0.789. The number of aromatic nitrogens is 3. The van der Waals surface area contributed by atoms with Gasteiger partial charge in [-0.3, -0.25) is 25.0 Å². The van der Waals surface area contributed by atoms with E-state index in [4.69, 9.17) is 0 Å². The lowest BCUT2D eigenvalue weighted by Gasteiger charge is -2.01. The third-order valence-corrected chi connectivity index (χ3v) is 6.01. The maximum atomic E-state index is 12.3. The summed E-state index contributed by atoms with van der Waals surface area (Å²) in [5, 5.41) is 26.4. The van der Waals surface area contributed by atoms with E-state index in [1.807, 2.05) is 12.3 Å². The van der Waals surface area contributed by atoms with Gasteiger partial charge in [0.25, 0.3) is 11.6 Å². The highest BCUT2D eigenvalue weighted by molar-refractivity contribution is 8.01. The summed E-state index contributed by atoms with van der Waals surface area (Å²) in [7, 11) is 0. The number of carbonyl (C=O) groups is 2. The minimum absolute atomic E-state index is 0.0741. The van der Waals surface area contributed by atoms with Crippen molar-refractivity contribution in [2.75, 3.05) is 16.4 Å². The Morgan fingerprint density at radius 1 is 1.21 bits per heavy atom. The molecule has 0 saturated heterocycles. The molecule has 0 aliphatic rings. The van der Waals surface area contributed by atoms with Gasteiger partial charge in [-0.2, -0.15) is 0 Å².